The Kier molecular flexibility index (Phi) is 6.68. The van der Waals surface area contributed by atoms with Gasteiger partial charge in [-0.1, -0.05) is 18.2 Å². The molecule has 3 heterocycles. The van der Waals surface area contributed by atoms with Gasteiger partial charge in [0.05, 0.1) is 19.3 Å². The zero-order valence-electron chi connectivity index (χ0n) is 20.2. The predicted molar refractivity (Wildman–Crippen MR) is 134 cm³/mol. The second-order valence-corrected chi connectivity index (χ2v) is 9.60. The van der Waals surface area contributed by atoms with E-state index in [1.165, 1.54) is 19.3 Å². The van der Waals surface area contributed by atoms with Crippen LogP contribution in [0.1, 0.15) is 58.4 Å². The minimum atomic E-state index is 0.00436. The molecule has 1 saturated heterocycles. The maximum absolute atomic E-state index is 13.7. The van der Waals surface area contributed by atoms with Gasteiger partial charge in [0.2, 0.25) is 0 Å². The first-order valence-electron chi connectivity index (χ1n) is 12.4. The molecule has 0 atom stereocenters. The number of benzene rings is 2. The molecule has 0 spiro atoms. The van der Waals surface area contributed by atoms with Crippen molar-refractivity contribution in [1.82, 2.24) is 15.1 Å². The number of carbonyl (C=O) groups is 1. The first-order chi connectivity index (χ1) is 16.6. The van der Waals surface area contributed by atoms with E-state index in [2.05, 4.69) is 16.5 Å². The fraction of sp³-hybridized carbons (Fsp3) is 0.429. The molecule has 2 aliphatic heterocycles. The van der Waals surface area contributed by atoms with Gasteiger partial charge in [-0.15, -0.1) is 0 Å². The van der Waals surface area contributed by atoms with Crippen molar-refractivity contribution >= 4 is 11.6 Å². The zero-order chi connectivity index (χ0) is 23.5. The topological polar surface area (TPSA) is 59.4 Å². The van der Waals surface area contributed by atoms with Crippen LogP contribution in [0.25, 0.3) is 0 Å². The van der Waals surface area contributed by atoms with Gasteiger partial charge in [-0.05, 0) is 87.0 Å². The number of hydrogen-bond donors (Lipinski definition) is 1. The summed E-state index contributed by atoms with van der Waals surface area (Å²) in [5.74, 6) is 1.69. The summed E-state index contributed by atoms with van der Waals surface area (Å²) in [7, 11) is 1.97. The lowest BCUT2D eigenvalue weighted by molar-refractivity contribution is 0.0985. The van der Waals surface area contributed by atoms with Gasteiger partial charge >= 0.3 is 0 Å². The summed E-state index contributed by atoms with van der Waals surface area (Å²) in [6.07, 6.45) is 7.50. The average molecular weight is 459 g/mol. The van der Waals surface area contributed by atoms with E-state index in [9.17, 15) is 4.79 Å². The van der Waals surface area contributed by atoms with Crippen molar-refractivity contribution in [3.05, 3.63) is 76.6 Å². The summed E-state index contributed by atoms with van der Waals surface area (Å²) in [6.45, 7) is 5.55. The molecule has 0 bridgehead atoms. The van der Waals surface area contributed by atoms with Crippen molar-refractivity contribution in [1.29, 1.82) is 0 Å². The molecular formula is C28H34N4O2. The summed E-state index contributed by atoms with van der Waals surface area (Å²) < 4.78 is 8.00. The minimum Gasteiger partial charge on any atom is -0.493 e. The van der Waals surface area contributed by atoms with Gasteiger partial charge in [-0.3, -0.25) is 9.48 Å². The normalized spacial score (nSPS) is 16.0. The van der Waals surface area contributed by atoms with Crippen molar-refractivity contribution < 1.29 is 9.53 Å². The summed E-state index contributed by atoms with van der Waals surface area (Å²) in [6, 6.07) is 14.0. The molecule has 6 nitrogen and oxygen atoms in total. The van der Waals surface area contributed by atoms with Gasteiger partial charge in [0, 0.05) is 36.0 Å². The van der Waals surface area contributed by atoms with Gasteiger partial charge in [0.15, 0.2) is 0 Å². The molecule has 0 saturated carbocycles. The number of hydrogen-bond acceptors (Lipinski definition) is 4. The molecule has 34 heavy (non-hydrogen) atoms. The smallest absolute Gasteiger partial charge is 0.258 e. The Hall–Kier alpha value is -3.12. The molecule has 0 radical (unpaired) electrons. The first-order valence-corrected chi connectivity index (χ1v) is 12.4. The molecule has 178 valence electrons. The van der Waals surface area contributed by atoms with E-state index in [1.54, 1.807) is 0 Å². The number of amides is 1. The highest BCUT2D eigenvalue weighted by Gasteiger charge is 2.27. The second-order valence-electron chi connectivity index (χ2n) is 9.60. The molecule has 1 amide bonds. The maximum atomic E-state index is 13.7. The number of piperidine rings is 1. The van der Waals surface area contributed by atoms with E-state index in [1.807, 2.05) is 66.1 Å². The summed E-state index contributed by atoms with van der Waals surface area (Å²) in [5, 5.41) is 7.85. The SMILES string of the molecule is Cc1cc(C(=O)N2Cc3cnn(C)c3Cc3ccccc32)ccc1OCCCC1CCNCC1. The third-order valence-corrected chi connectivity index (χ3v) is 7.26. The van der Waals surface area contributed by atoms with Crippen LogP contribution in [-0.4, -0.2) is 35.4 Å². The molecule has 1 N–H and O–H groups in total. The summed E-state index contributed by atoms with van der Waals surface area (Å²) >= 11 is 0. The number of carbonyl (C=O) groups excluding carboxylic acids is 1. The number of rotatable bonds is 6. The van der Waals surface area contributed by atoms with Gasteiger partial charge < -0.3 is 15.0 Å². The van der Waals surface area contributed by atoms with E-state index in [0.29, 0.717) is 12.1 Å². The highest BCUT2D eigenvalue weighted by atomic mass is 16.5. The van der Waals surface area contributed by atoms with E-state index in [-0.39, 0.29) is 5.91 Å². The van der Waals surface area contributed by atoms with Crippen molar-refractivity contribution in [3.63, 3.8) is 0 Å². The lowest BCUT2D eigenvalue weighted by atomic mass is 9.93. The number of nitrogens with one attached hydrogen (secondary N) is 1. The Morgan fingerprint density at radius 1 is 1.15 bits per heavy atom. The first kappa shape index (κ1) is 22.7. The average Bonchev–Trinajstić information content (AvgIpc) is 3.10. The van der Waals surface area contributed by atoms with Crippen molar-refractivity contribution in [3.8, 4) is 5.75 Å². The Bertz CT molecular complexity index is 1160. The molecule has 2 aliphatic rings. The largest absolute Gasteiger partial charge is 0.493 e. The van der Waals surface area contributed by atoms with Crippen LogP contribution in [0.5, 0.6) is 5.75 Å². The Balaban J connectivity index is 1.29. The number of fused-ring (bicyclic) bond motifs is 2. The van der Waals surface area contributed by atoms with E-state index < -0.39 is 0 Å². The zero-order valence-corrected chi connectivity index (χ0v) is 20.2. The Labute approximate surface area is 201 Å². The molecule has 6 heteroatoms. The van der Waals surface area contributed by atoms with E-state index in [0.717, 1.165) is 72.3 Å². The van der Waals surface area contributed by atoms with Crippen LogP contribution in [0.3, 0.4) is 0 Å². The number of nitrogens with zero attached hydrogens (tertiary/aromatic N) is 3. The lowest BCUT2D eigenvalue weighted by Crippen LogP contribution is -2.30. The number of aromatic nitrogens is 2. The molecule has 1 fully saturated rings. The van der Waals surface area contributed by atoms with Crippen LogP contribution < -0.4 is 15.0 Å². The van der Waals surface area contributed by atoms with E-state index >= 15 is 0 Å². The van der Waals surface area contributed by atoms with Crippen LogP contribution >= 0.6 is 0 Å². The van der Waals surface area contributed by atoms with Crippen molar-refractivity contribution in [2.45, 2.75) is 45.6 Å². The lowest BCUT2D eigenvalue weighted by Gasteiger charge is -2.23. The second kappa shape index (κ2) is 10.0. The monoisotopic (exact) mass is 458 g/mol. The fourth-order valence-corrected chi connectivity index (χ4v) is 5.23. The third-order valence-electron chi connectivity index (χ3n) is 7.26. The van der Waals surface area contributed by atoms with Crippen molar-refractivity contribution in [2.24, 2.45) is 13.0 Å². The Morgan fingerprint density at radius 2 is 1.97 bits per heavy atom. The highest BCUT2D eigenvalue weighted by molar-refractivity contribution is 6.06. The number of para-hydroxylation sites is 1. The van der Waals surface area contributed by atoms with Crippen LogP contribution in [-0.2, 0) is 20.0 Å². The standard InChI is InChI=1S/C28H34N4O2/c1-20-16-23(9-10-27(20)34-15-5-6-21-11-13-29-14-12-21)28(33)32-19-24-18-30-31(2)26(24)17-22-7-3-4-8-25(22)32/h3-4,7-10,16,18,21,29H,5-6,11-15,17,19H2,1-2H3. The van der Waals surface area contributed by atoms with Crippen LogP contribution in [0, 0.1) is 12.8 Å². The van der Waals surface area contributed by atoms with Crippen molar-refractivity contribution in [2.75, 3.05) is 24.6 Å². The van der Waals surface area contributed by atoms with Crippen LogP contribution in [0.4, 0.5) is 5.69 Å². The van der Waals surface area contributed by atoms with Gasteiger partial charge in [-0.25, -0.2) is 0 Å². The highest BCUT2D eigenvalue weighted by Crippen LogP contribution is 2.32. The molecule has 3 aromatic rings. The Morgan fingerprint density at radius 3 is 2.79 bits per heavy atom. The molecule has 0 aliphatic carbocycles. The predicted octanol–water partition coefficient (Wildman–Crippen LogP) is 4.64. The molecule has 2 aromatic carbocycles. The fourth-order valence-electron chi connectivity index (χ4n) is 5.23. The third kappa shape index (κ3) is 4.73. The summed E-state index contributed by atoms with van der Waals surface area (Å²) in [4.78, 5) is 15.6. The number of anilines is 1. The summed E-state index contributed by atoms with van der Waals surface area (Å²) in [5.41, 5.74) is 6.05. The quantitative estimate of drug-likeness (QED) is 0.547. The molecule has 0 unspecified atom stereocenters. The van der Waals surface area contributed by atoms with Gasteiger partial charge in [-0.2, -0.15) is 5.10 Å². The molecular weight excluding hydrogens is 424 g/mol. The van der Waals surface area contributed by atoms with Gasteiger partial charge in [0.25, 0.3) is 5.91 Å². The van der Waals surface area contributed by atoms with E-state index in [4.69, 9.17) is 4.74 Å². The number of ether oxygens (including phenoxy) is 1. The minimum absolute atomic E-state index is 0.00436. The maximum Gasteiger partial charge on any atom is 0.258 e. The van der Waals surface area contributed by atoms with Crippen LogP contribution in [0.2, 0.25) is 0 Å². The van der Waals surface area contributed by atoms with Crippen LogP contribution in [0.15, 0.2) is 48.7 Å². The molecule has 1 aromatic heterocycles. The number of aryl methyl sites for hydroxylation is 2. The molecule has 5 rings (SSSR count). The van der Waals surface area contributed by atoms with Gasteiger partial charge in [0.1, 0.15) is 5.75 Å².